The van der Waals surface area contributed by atoms with E-state index in [1.165, 1.54) is 12.1 Å². The van der Waals surface area contributed by atoms with Crippen LogP contribution in [0.3, 0.4) is 0 Å². The maximum absolute atomic E-state index is 13.5. The lowest BCUT2D eigenvalue weighted by Crippen LogP contribution is -2.43. The average molecular weight is 311 g/mol. The van der Waals surface area contributed by atoms with Gasteiger partial charge >= 0.3 is 0 Å². The fraction of sp³-hybridized carbons (Fsp3) is 0.294. The first-order valence-electron chi connectivity index (χ1n) is 7.81. The molecule has 3 heterocycles. The van der Waals surface area contributed by atoms with Crippen LogP contribution in [0.1, 0.15) is 12.8 Å². The minimum Gasteiger partial charge on any atom is -0.353 e. The van der Waals surface area contributed by atoms with Gasteiger partial charge in [0.05, 0.1) is 5.69 Å². The van der Waals surface area contributed by atoms with Gasteiger partial charge in [0, 0.05) is 37.1 Å². The molecule has 0 amide bonds. The molecule has 3 aromatic rings. The van der Waals surface area contributed by atoms with E-state index in [1.807, 2.05) is 18.3 Å². The van der Waals surface area contributed by atoms with E-state index in [0.717, 1.165) is 48.5 Å². The average Bonchev–Trinajstić information content (AvgIpc) is 2.99. The fourth-order valence-corrected chi connectivity index (χ4v) is 3.14. The molecule has 0 bridgehead atoms. The van der Waals surface area contributed by atoms with Gasteiger partial charge < -0.3 is 10.6 Å². The molecular weight excluding hydrogens is 293 g/mol. The van der Waals surface area contributed by atoms with E-state index in [2.05, 4.69) is 15.0 Å². The molecule has 6 heteroatoms. The molecular formula is C17H18FN5. The number of nitrogens with zero attached hydrogens (tertiary/aromatic N) is 4. The van der Waals surface area contributed by atoms with Gasteiger partial charge in [0.15, 0.2) is 5.82 Å². The number of fused-ring (bicyclic) bond motifs is 1. The highest BCUT2D eigenvalue weighted by atomic mass is 19.1. The van der Waals surface area contributed by atoms with Crippen LogP contribution in [0.25, 0.3) is 16.8 Å². The third-order valence-electron chi connectivity index (χ3n) is 4.25. The van der Waals surface area contributed by atoms with Gasteiger partial charge in [-0.3, -0.25) is 0 Å². The molecule has 0 saturated carbocycles. The van der Waals surface area contributed by atoms with Crippen molar-refractivity contribution < 1.29 is 4.39 Å². The Kier molecular flexibility index (Phi) is 3.46. The molecule has 2 aromatic heterocycles. The first-order valence-corrected chi connectivity index (χ1v) is 7.81. The minimum absolute atomic E-state index is 0.177. The maximum atomic E-state index is 13.5. The zero-order chi connectivity index (χ0) is 15.8. The molecule has 1 unspecified atom stereocenters. The smallest absolute Gasteiger partial charge is 0.154 e. The summed E-state index contributed by atoms with van der Waals surface area (Å²) < 4.78 is 15.2. The zero-order valence-corrected chi connectivity index (χ0v) is 12.7. The summed E-state index contributed by atoms with van der Waals surface area (Å²) in [6, 6.07) is 8.60. The first kappa shape index (κ1) is 14.1. The monoisotopic (exact) mass is 311 g/mol. The molecule has 4 rings (SSSR count). The number of rotatable bonds is 2. The number of hydrogen-bond donors (Lipinski definition) is 1. The molecule has 1 saturated heterocycles. The van der Waals surface area contributed by atoms with Crippen LogP contribution < -0.4 is 10.6 Å². The summed E-state index contributed by atoms with van der Waals surface area (Å²) in [5, 5.41) is 4.55. The molecule has 1 aliphatic rings. The van der Waals surface area contributed by atoms with Gasteiger partial charge in [0.1, 0.15) is 11.3 Å². The Morgan fingerprint density at radius 2 is 2.17 bits per heavy atom. The van der Waals surface area contributed by atoms with Crippen LogP contribution in [0, 0.1) is 5.82 Å². The van der Waals surface area contributed by atoms with Crippen molar-refractivity contribution in [3.05, 3.63) is 48.5 Å². The van der Waals surface area contributed by atoms with Crippen molar-refractivity contribution in [2.75, 3.05) is 18.0 Å². The fourth-order valence-electron chi connectivity index (χ4n) is 3.14. The molecule has 2 N–H and O–H groups in total. The predicted octanol–water partition coefficient (Wildman–Crippen LogP) is 2.46. The van der Waals surface area contributed by atoms with E-state index >= 15 is 0 Å². The summed E-state index contributed by atoms with van der Waals surface area (Å²) in [5.74, 6) is 0.623. The number of benzene rings is 1. The molecule has 1 atom stereocenters. The van der Waals surface area contributed by atoms with E-state index < -0.39 is 0 Å². The normalized spacial score (nSPS) is 18.5. The van der Waals surface area contributed by atoms with E-state index in [9.17, 15) is 4.39 Å². The number of anilines is 1. The van der Waals surface area contributed by atoms with Crippen molar-refractivity contribution in [1.29, 1.82) is 0 Å². The Hall–Kier alpha value is -2.47. The highest BCUT2D eigenvalue weighted by Crippen LogP contribution is 2.26. The third kappa shape index (κ3) is 2.66. The van der Waals surface area contributed by atoms with Gasteiger partial charge in [-0.2, -0.15) is 5.10 Å². The lowest BCUT2D eigenvalue weighted by Gasteiger charge is -2.31. The zero-order valence-electron chi connectivity index (χ0n) is 12.7. The summed E-state index contributed by atoms with van der Waals surface area (Å²) in [6.07, 6.45) is 5.67. The Morgan fingerprint density at radius 3 is 3.00 bits per heavy atom. The van der Waals surface area contributed by atoms with Crippen LogP contribution in [0.4, 0.5) is 10.2 Å². The van der Waals surface area contributed by atoms with Crippen molar-refractivity contribution in [2.24, 2.45) is 5.73 Å². The second-order valence-corrected chi connectivity index (χ2v) is 5.97. The van der Waals surface area contributed by atoms with Gasteiger partial charge in [-0.15, -0.1) is 0 Å². The highest BCUT2D eigenvalue weighted by molar-refractivity contribution is 5.75. The van der Waals surface area contributed by atoms with Crippen LogP contribution in [0.15, 0.2) is 42.7 Å². The number of nitrogens with two attached hydrogens (primary N) is 1. The minimum atomic E-state index is -0.264. The highest BCUT2D eigenvalue weighted by Gasteiger charge is 2.20. The number of aromatic nitrogens is 3. The molecule has 1 fully saturated rings. The van der Waals surface area contributed by atoms with E-state index in [4.69, 9.17) is 5.73 Å². The summed E-state index contributed by atoms with van der Waals surface area (Å²) in [4.78, 5) is 6.73. The van der Waals surface area contributed by atoms with E-state index in [1.54, 1.807) is 16.8 Å². The summed E-state index contributed by atoms with van der Waals surface area (Å²) in [7, 11) is 0. The molecule has 1 aliphatic heterocycles. The topological polar surface area (TPSA) is 59.5 Å². The summed E-state index contributed by atoms with van der Waals surface area (Å²) >= 11 is 0. The van der Waals surface area contributed by atoms with Gasteiger partial charge in [-0.05, 0) is 31.0 Å². The van der Waals surface area contributed by atoms with E-state index in [0.29, 0.717) is 0 Å². The number of piperidine rings is 1. The van der Waals surface area contributed by atoms with Gasteiger partial charge in [-0.1, -0.05) is 12.1 Å². The molecule has 118 valence electrons. The van der Waals surface area contributed by atoms with Crippen LogP contribution >= 0.6 is 0 Å². The van der Waals surface area contributed by atoms with Crippen molar-refractivity contribution in [3.8, 4) is 11.3 Å². The standard InChI is InChI=1S/C17H18FN5/c18-13-4-1-3-12(9-13)15-10-16-17(20-6-8-23(16)21-15)22-7-2-5-14(19)11-22/h1,3-4,6,8-10,14H,2,5,7,11,19H2. The molecule has 23 heavy (non-hydrogen) atoms. The number of halogens is 1. The number of hydrogen-bond acceptors (Lipinski definition) is 4. The Balaban J connectivity index is 1.78. The van der Waals surface area contributed by atoms with Crippen LogP contribution in [-0.4, -0.2) is 33.7 Å². The van der Waals surface area contributed by atoms with Crippen molar-refractivity contribution in [3.63, 3.8) is 0 Å². The van der Waals surface area contributed by atoms with Crippen LogP contribution in [0.5, 0.6) is 0 Å². The summed E-state index contributed by atoms with van der Waals surface area (Å²) in [5.41, 5.74) is 8.50. The lowest BCUT2D eigenvalue weighted by molar-refractivity contribution is 0.503. The quantitative estimate of drug-likeness (QED) is 0.790. The predicted molar refractivity (Wildman–Crippen MR) is 87.8 cm³/mol. The Labute approximate surface area is 133 Å². The first-order chi connectivity index (χ1) is 11.2. The molecule has 0 aliphatic carbocycles. The second kappa shape index (κ2) is 5.62. The second-order valence-electron chi connectivity index (χ2n) is 5.97. The SMILES string of the molecule is NC1CCCN(c2nccn3nc(-c4cccc(F)c4)cc23)C1. The maximum Gasteiger partial charge on any atom is 0.154 e. The molecule has 0 radical (unpaired) electrons. The van der Waals surface area contributed by atoms with Gasteiger partial charge in [0.25, 0.3) is 0 Å². The Bertz CT molecular complexity index is 844. The van der Waals surface area contributed by atoms with Crippen LogP contribution in [-0.2, 0) is 0 Å². The Morgan fingerprint density at radius 1 is 1.26 bits per heavy atom. The van der Waals surface area contributed by atoms with Gasteiger partial charge in [0.2, 0.25) is 0 Å². The van der Waals surface area contributed by atoms with Crippen molar-refractivity contribution in [2.45, 2.75) is 18.9 Å². The largest absolute Gasteiger partial charge is 0.353 e. The van der Waals surface area contributed by atoms with Crippen molar-refractivity contribution >= 4 is 11.3 Å². The van der Waals surface area contributed by atoms with Crippen molar-refractivity contribution in [1.82, 2.24) is 14.6 Å². The van der Waals surface area contributed by atoms with Gasteiger partial charge in [-0.25, -0.2) is 13.9 Å². The summed E-state index contributed by atoms with van der Waals surface area (Å²) in [6.45, 7) is 1.74. The molecule has 1 aromatic carbocycles. The lowest BCUT2D eigenvalue weighted by atomic mass is 10.1. The van der Waals surface area contributed by atoms with Crippen LogP contribution in [0.2, 0.25) is 0 Å². The van der Waals surface area contributed by atoms with E-state index in [-0.39, 0.29) is 11.9 Å². The molecule has 0 spiro atoms. The third-order valence-corrected chi connectivity index (χ3v) is 4.25. The molecule has 5 nitrogen and oxygen atoms in total.